The summed E-state index contributed by atoms with van der Waals surface area (Å²) in [7, 11) is 0. The lowest BCUT2D eigenvalue weighted by Crippen LogP contribution is -2.45. The van der Waals surface area contributed by atoms with Gasteiger partial charge in [-0.1, -0.05) is 11.6 Å². The Balaban J connectivity index is 0.00000529. The number of benzene rings is 1. The van der Waals surface area contributed by atoms with Crippen molar-refractivity contribution in [3.8, 4) is 0 Å². The van der Waals surface area contributed by atoms with E-state index in [1.54, 1.807) is 12.1 Å². The Hall–Kier alpha value is -1.50. The average Bonchev–Trinajstić information content (AvgIpc) is 2.35. The molecule has 3 amide bonds. The largest absolute Gasteiger partial charge is 0.350 e. The first-order chi connectivity index (χ1) is 10.4. The molecule has 0 aliphatic rings. The van der Waals surface area contributed by atoms with E-state index in [4.69, 9.17) is 17.3 Å². The van der Waals surface area contributed by atoms with Crippen LogP contribution in [0, 0.1) is 0 Å². The zero-order valence-corrected chi connectivity index (χ0v) is 16.2. The number of anilines is 1. The molecule has 0 bridgehead atoms. The first-order valence-electron chi connectivity index (χ1n) is 7.33. The molecule has 5 N–H and O–H groups in total. The predicted molar refractivity (Wildman–Crippen MR) is 101 cm³/mol. The fraction of sp³-hybridized carbons (Fsp3) is 0.500. The number of nitrogens with one attached hydrogen (secondary N) is 3. The first-order valence-corrected chi connectivity index (χ1v) is 7.71. The third-order valence-electron chi connectivity index (χ3n) is 2.66. The van der Waals surface area contributed by atoms with E-state index in [1.165, 1.54) is 6.07 Å². The van der Waals surface area contributed by atoms with Crippen molar-refractivity contribution in [2.45, 2.75) is 45.7 Å². The van der Waals surface area contributed by atoms with Crippen molar-refractivity contribution in [3.63, 3.8) is 0 Å². The molecule has 0 heterocycles. The lowest BCUT2D eigenvalue weighted by molar-refractivity contribution is 0.0946. The maximum atomic E-state index is 12.2. The maximum Gasteiger partial charge on any atom is 0.319 e. The monoisotopic (exact) mass is 376 g/mol. The summed E-state index contributed by atoms with van der Waals surface area (Å²) in [6.07, 6.45) is 0. The molecule has 0 saturated heterocycles. The van der Waals surface area contributed by atoms with Crippen LogP contribution in [0.25, 0.3) is 0 Å². The van der Waals surface area contributed by atoms with Crippen LogP contribution in [0.2, 0.25) is 5.02 Å². The van der Waals surface area contributed by atoms with Gasteiger partial charge in [-0.2, -0.15) is 0 Å². The Morgan fingerprint density at radius 3 is 2.25 bits per heavy atom. The molecule has 8 heteroatoms. The highest BCUT2D eigenvalue weighted by atomic mass is 35.5. The molecule has 0 radical (unpaired) electrons. The van der Waals surface area contributed by atoms with Gasteiger partial charge in [0, 0.05) is 23.3 Å². The van der Waals surface area contributed by atoms with Gasteiger partial charge >= 0.3 is 6.03 Å². The van der Waals surface area contributed by atoms with Crippen molar-refractivity contribution in [3.05, 3.63) is 28.8 Å². The van der Waals surface area contributed by atoms with Gasteiger partial charge < -0.3 is 21.7 Å². The van der Waals surface area contributed by atoms with Crippen LogP contribution in [0.4, 0.5) is 10.5 Å². The highest BCUT2D eigenvalue weighted by molar-refractivity contribution is 6.34. The Labute approximate surface area is 154 Å². The summed E-state index contributed by atoms with van der Waals surface area (Å²) < 4.78 is 0. The van der Waals surface area contributed by atoms with Gasteiger partial charge in [-0.25, -0.2) is 4.79 Å². The molecule has 0 atom stereocenters. The number of hydrogen-bond acceptors (Lipinski definition) is 3. The van der Waals surface area contributed by atoms with Gasteiger partial charge in [0.15, 0.2) is 0 Å². The summed E-state index contributed by atoms with van der Waals surface area (Å²) in [5.74, 6) is -0.339. The molecule has 0 fully saturated rings. The van der Waals surface area contributed by atoms with Crippen LogP contribution in [-0.2, 0) is 0 Å². The Morgan fingerprint density at radius 1 is 1.17 bits per heavy atom. The van der Waals surface area contributed by atoms with Crippen molar-refractivity contribution in [1.82, 2.24) is 10.6 Å². The second-order valence-corrected chi connectivity index (χ2v) is 7.60. The molecule has 0 aliphatic carbocycles. The number of carbonyl (C=O) groups excluding carboxylic acids is 2. The molecule has 1 rings (SSSR count). The van der Waals surface area contributed by atoms with E-state index in [0.717, 1.165) is 0 Å². The van der Waals surface area contributed by atoms with Crippen LogP contribution in [0.5, 0.6) is 0 Å². The van der Waals surface area contributed by atoms with E-state index in [9.17, 15) is 9.59 Å². The summed E-state index contributed by atoms with van der Waals surface area (Å²) >= 11 is 6.06. The third kappa shape index (κ3) is 8.38. The van der Waals surface area contributed by atoms with Gasteiger partial charge in [-0.15, -0.1) is 12.4 Å². The second-order valence-electron chi connectivity index (χ2n) is 7.20. The standard InChI is InChI=1S/C16H25ClN4O2.ClH/c1-15(2,3)21-14(23)20-10-6-7-12(17)11(8-10)13(22)19-9-16(4,5)18;/h6-8H,9,18H2,1-5H3,(H,19,22)(H2,20,21,23);1H. The fourth-order valence-electron chi connectivity index (χ4n) is 1.68. The van der Waals surface area contributed by atoms with Crippen LogP contribution >= 0.6 is 24.0 Å². The summed E-state index contributed by atoms with van der Waals surface area (Å²) in [4.78, 5) is 24.1. The van der Waals surface area contributed by atoms with Crippen LogP contribution in [0.1, 0.15) is 45.0 Å². The number of halogens is 2. The molecule has 1 aromatic carbocycles. The van der Waals surface area contributed by atoms with Crippen molar-refractivity contribution < 1.29 is 9.59 Å². The minimum Gasteiger partial charge on any atom is -0.350 e. The maximum absolute atomic E-state index is 12.2. The number of hydrogen-bond donors (Lipinski definition) is 4. The third-order valence-corrected chi connectivity index (χ3v) is 2.99. The fourth-order valence-corrected chi connectivity index (χ4v) is 1.89. The molecule has 24 heavy (non-hydrogen) atoms. The minimum atomic E-state index is -0.523. The van der Waals surface area contributed by atoms with Gasteiger partial charge in [0.25, 0.3) is 5.91 Å². The van der Waals surface area contributed by atoms with E-state index in [1.807, 2.05) is 34.6 Å². The van der Waals surface area contributed by atoms with Gasteiger partial charge in [0.2, 0.25) is 0 Å². The molecule has 1 aromatic rings. The van der Waals surface area contributed by atoms with Gasteiger partial charge in [0.05, 0.1) is 10.6 Å². The van der Waals surface area contributed by atoms with E-state index >= 15 is 0 Å². The lowest BCUT2D eigenvalue weighted by atomic mass is 10.1. The normalized spacial score (nSPS) is 11.3. The van der Waals surface area contributed by atoms with Crippen LogP contribution in [-0.4, -0.2) is 29.6 Å². The summed E-state index contributed by atoms with van der Waals surface area (Å²) in [5, 5.41) is 8.48. The van der Waals surface area contributed by atoms with Crippen molar-refractivity contribution in [2.75, 3.05) is 11.9 Å². The number of amides is 3. The highest BCUT2D eigenvalue weighted by Gasteiger charge is 2.17. The number of nitrogens with two attached hydrogens (primary N) is 1. The van der Waals surface area contributed by atoms with Crippen molar-refractivity contribution >= 4 is 41.6 Å². The zero-order chi connectivity index (χ0) is 17.8. The Kier molecular flexibility index (Phi) is 8.02. The van der Waals surface area contributed by atoms with E-state index in [2.05, 4.69) is 16.0 Å². The Morgan fingerprint density at radius 2 is 1.75 bits per heavy atom. The van der Waals surface area contributed by atoms with Gasteiger partial charge in [-0.3, -0.25) is 4.79 Å². The molecule has 0 spiro atoms. The van der Waals surface area contributed by atoms with Gasteiger partial charge in [0.1, 0.15) is 0 Å². The van der Waals surface area contributed by atoms with Crippen LogP contribution in [0.15, 0.2) is 18.2 Å². The molecule has 0 unspecified atom stereocenters. The summed E-state index contributed by atoms with van der Waals surface area (Å²) in [5.41, 5.74) is 5.72. The summed E-state index contributed by atoms with van der Waals surface area (Å²) in [6, 6.07) is 4.38. The quantitative estimate of drug-likeness (QED) is 0.649. The van der Waals surface area contributed by atoms with Gasteiger partial charge in [-0.05, 0) is 52.8 Å². The number of carbonyl (C=O) groups is 2. The number of rotatable bonds is 4. The number of urea groups is 1. The minimum absolute atomic E-state index is 0. The van der Waals surface area contributed by atoms with Crippen LogP contribution in [0.3, 0.4) is 0 Å². The predicted octanol–water partition coefficient (Wildman–Crippen LogP) is 3.15. The van der Waals surface area contributed by atoms with Crippen molar-refractivity contribution in [2.24, 2.45) is 5.73 Å². The van der Waals surface area contributed by atoms with E-state index < -0.39 is 5.54 Å². The molecular formula is C16H26Cl2N4O2. The van der Waals surface area contributed by atoms with Crippen molar-refractivity contribution in [1.29, 1.82) is 0 Å². The molecule has 6 nitrogen and oxygen atoms in total. The molecule has 0 aliphatic heterocycles. The van der Waals surface area contributed by atoms with E-state index in [-0.39, 0.29) is 35.4 Å². The molecule has 136 valence electrons. The zero-order valence-electron chi connectivity index (χ0n) is 14.6. The SMILES string of the molecule is CC(C)(N)CNC(=O)c1cc(NC(=O)NC(C)(C)C)ccc1Cl.Cl. The Bertz CT molecular complexity index is 593. The van der Waals surface area contributed by atoms with E-state index in [0.29, 0.717) is 17.3 Å². The molecule has 0 saturated carbocycles. The topological polar surface area (TPSA) is 96.2 Å². The second kappa shape index (κ2) is 8.55. The first kappa shape index (κ1) is 22.5. The van der Waals surface area contributed by atoms with Crippen LogP contribution < -0.4 is 21.7 Å². The molecule has 0 aromatic heterocycles. The molecular weight excluding hydrogens is 351 g/mol. The lowest BCUT2D eigenvalue weighted by Gasteiger charge is -2.21. The average molecular weight is 377 g/mol. The highest BCUT2D eigenvalue weighted by Crippen LogP contribution is 2.21. The summed E-state index contributed by atoms with van der Waals surface area (Å²) in [6.45, 7) is 9.56. The smallest absolute Gasteiger partial charge is 0.319 e.